The molecule has 9 nitrogen and oxygen atoms in total. The van der Waals surface area contributed by atoms with Crippen LogP contribution in [0.1, 0.15) is 11.8 Å². The zero-order chi connectivity index (χ0) is 22.9. The number of carboxylic acid groups (broad SMARTS) is 1. The van der Waals surface area contributed by atoms with E-state index in [9.17, 15) is 19.2 Å². The van der Waals surface area contributed by atoms with Gasteiger partial charge in [-0.3, -0.25) is 19.3 Å². The van der Waals surface area contributed by atoms with E-state index in [2.05, 4.69) is 5.32 Å². The molecular formula is C17H13Cl3N2O7S2. The van der Waals surface area contributed by atoms with E-state index in [4.69, 9.17) is 49.4 Å². The molecule has 166 valence electrons. The van der Waals surface area contributed by atoms with Gasteiger partial charge in [-0.2, -0.15) is 0 Å². The van der Waals surface area contributed by atoms with Crippen molar-refractivity contribution in [3.8, 4) is 0 Å². The normalized spacial score (nSPS) is 19.9. The van der Waals surface area contributed by atoms with Crippen LogP contribution in [0.2, 0.25) is 4.34 Å². The van der Waals surface area contributed by atoms with Crippen molar-refractivity contribution in [2.24, 2.45) is 0 Å². The third-order valence-corrected chi connectivity index (χ3v) is 7.11. The average Bonchev–Trinajstić information content (AvgIpc) is 3.09. The van der Waals surface area contributed by atoms with Gasteiger partial charge >= 0.3 is 12.1 Å². The van der Waals surface area contributed by atoms with Crippen LogP contribution in [0.25, 0.3) is 5.57 Å². The topological polar surface area (TPSA) is 122 Å². The number of esters is 1. The smallest absolute Gasteiger partial charge is 0.461 e. The molecule has 1 aromatic heterocycles. The van der Waals surface area contributed by atoms with Crippen molar-refractivity contribution in [2.75, 3.05) is 12.4 Å². The van der Waals surface area contributed by atoms with E-state index < -0.39 is 35.4 Å². The zero-order valence-electron chi connectivity index (χ0n) is 15.5. The SMILES string of the molecule is CC(=O)OCC1=C(OC(=O)O)N2C(=O)C(NC(=O)C(=C(Cl)Cl)c3ccc(Cl)s3)[C@@H]2SC1. The van der Waals surface area contributed by atoms with Crippen molar-refractivity contribution in [3.63, 3.8) is 0 Å². The van der Waals surface area contributed by atoms with E-state index in [0.717, 1.165) is 16.2 Å². The molecule has 1 aromatic rings. The van der Waals surface area contributed by atoms with Crippen LogP contribution < -0.4 is 5.32 Å². The largest absolute Gasteiger partial charge is 0.512 e. The molecule has 2 amide bonds. The number of halogens is 3. The molecule has 0 bridgehead atoms. The standard InChI is InChI=1S/C17H13Cl3N2O7S2/c1-6(23)28-4-7-5-30-16-11(14(25)22(16)15(7)29-17(26)27)21-13(24)10(12(19)20)8-2-3-9(18)31-8/h2-3,11,16H,4-5H2,1H3,(H,21,24)(H,26,27)/t11?,16-/m0/s1. The molecule has 2 atom stereocenters. The Labute approximate surface area is 198 Å². The fraction of sp³-hybridized carbons (Fsp3) is 0.294. The number of thiophene rings is 1. The number of carbonyl (C=O) groups excluding carboxylic acids is 3. The van der Waals surface area contributed by atoms with Gasteiger partial charge in [-0.1, -0.05) is 34.8 Å². The Hall–Kier alpha value is -1.92. The van der Waals surface area contributed by atoms with Crippen LogP contribution in [0.3, 0.4) is 0 Å². The summed E-state index contributed by atoms with van der Waals surface area (Å²) in [6.45, 7) is 0.970. The number of nitrogens with one attached hydrogen (secondary N) is 1. The van der Waals surface area contributed by atoms with Gasteiger partial charge in [-0.25, -0.2) is 4.79 Å². The number of ether oxygens (including phenoxy) is 2. The first-order valence-electron chi connectivity index (χ1n) is 8.42. The Morgan fingerprint density at radius 2 is 2.03 bits per heavy atom. The molecule has 0 aliphatic carbocycles. The van der Waals surface area contributed by atoms with Crippen molar-refractivity contribution in [1.82, 2.24) is 10.2 Å². The van der Waals surface area contributed by atoms with Crippen LogP contribution in [0.5, 0.6) is 0 Å². The first kappa shape index (κ1) is 23.7. The minimum absolute atomic E-state index is 0.0413. The van der Waals surface area contributed by atoms with Crippen molar-refractivity contribution in [2.45, 2.75) is 18.3 Å². The molecule has 1 fully saturated rings. The van der Waals surface area contributed by atoms with Crippen LogP contribution in [0.4, 0.5) is 4.79 Å². The lowest BCUT2D eigenvalue weighted by molar-refractivity contribution is -0.148. The highest BCUT2D eigenvalue weighted by Crippen LogP contribution is 2.41. The third-order valence-electron chi connectivity index (χ3n) is 4.15. The minimum atomic E-state index is -1.63. The summed E-state index contributed by atoms with van der Waals surface area (Å²) in [6, 6.07) is 2.17. The Kier molecular flexibility index (Phi) is 7.43. The number of hydrogen-bond acceptors (Lipinski definition) is 8. The van der Waals surface area contributed by atoms with E-state index in [1.165, 1.54) is 18.7 Å². The van der Waals surface area contributed by atoms with Gasteiger partial charge in [0.05, 0.1) is 9.91 Å². The maximum absolute atomic E-state index is 12.8. The number of hydrogen-bond donors (Lipinski definition) is 2. The number of rotatable bonds is 6. The number of fused-ring (bicyclic) bond motifs is 1. The second-order valence-corrected chi connectivity index (χ2v) is 9.93. The first-order valence-corrected chi connectivity index (χ1v) is 11.4. The van der Waals surface area contributed by atoms with Gasteiger partial charge in [-0.15, -0.1) is 23.1 Å². The van der Waals surface area contributed by atoms with Crippen LogP contribution in [0, 0.1) is 0 Å². The molecule has 0 spiro atoms. The Morgan fingerprint density at radius 1 is 1.32 bits per heavy atom. The van der Waals surface area contributed by atoms with Gasteiger partial charge in [0.1, 0.15) is 22.5 Å². The third kappa shape index (κ3) is 5.12. The molecule has 2 aliphatic rings. The summed E-state index contributed by atoms with van der Waals surface area (Å²) < 4.78 is 9.80. The molecular weight excluding hydrogens is 515 g/mol. The van der Waals surface area contributed by atoms with Gasteiger partial charge in [-0.05, 0) is 12.1 Å². The molecule has 1 saturated heterocycles. The van der Waals surface area contributed by atoms with Crippen LogP contribution >= 0.6 is 57.9 Å². The van der Waals surface area contributed by atoms with Crippen molar-refractivity contribution in [1.29, 1.82) is 0 Å². The van der Waals surface area contributed by atoms with Gasteiger partial charge in [0.25, 0.3) is 11.8 Å². The van der Waals surface area contributed by atoms with Crippen LogP contribution in [-0.4, -0.2) is 57.7 Å². The lowest BCUT2D eigenvalue weighted by atomic mass is 10.1. The Balaban J connectivity index is 1.79. The van der Waals surface area contributed by atoms with Crippen molar-refractivity contribution < 1.29 is 33.8 Å². The van der Waals surface area contributed by atoms with Gasteiger partial charge < -0.3 is 19.9 Å². The number of thioether (sulfide) groups is 1. The second-order valence-electron chi connectivity index (χ2n) is 6.16. The fourth-order valence-corrected chi connectivity index (χ4v) is 5.73. The molecule has 3 heterocycles. The zero-order valence-corrected chi connectivity index (χ0v) is 19.4. The summed E-state index contributed by atoms with van der Waals surface area (Å²) in [4.78, 5) is 49.2. The van der Waals surface area contributed by atoms with E-state index in [1.807, 2.05) is 0 Å². The van der Waals surface area contributed by atoms with Crippen LogP contribution in [-0.2, 0) is 23.9 Å². The summed E-state index contributed by atoms with van der Waals surface area (Å²) in [5.41, 5.74) is 0.273. The molecule has 2 aliphatic heterocycles. The predicted molar refractivity (Wildman–Crippen MR) is 116 cm³/mol. The Morgan fingerprint density at radius 3 is 2.58 bits per heavy atom. The monoisotopic (exact) mass is 526 g/mol. The van der Waals surface area contributed by atoms with Gasteiger partial charge in [0.15, 0.2) is 0 Å². The molecule has 31 heavy (non-hydrogen) atoms. The Bertz CT molecular complexity index is 1020. The maximum atomic E-state index is 12.8. The van der Waals surface area contributed by atoms with Gasteiger partial charge in [0, 0.05) is 23.1 Å². The number of nitrogens with zero attached hydrogens (tertiary/aromatic N) is 1. The molecule has 3 rings (SSSR count). The molecule has 0 radical (unpaired) electrons. The predicted octanol–water partition coefficient (Wildman–Crippen LogP) is 3.42. The maximum Gasteiger partial charge on any atom is 0.512 e. The lowest BCUT2D eigenvalue weighted by Crippen LogP contribution is -2.70. The number of β-lactam (4-membered cyclic amide) rings is 1. The lowest BCUT2D eigenvalue weighted by Gasteiger charge is -2.49. The molecule has 1 unspecified atom stereocenters. The molecule has 0 saturated carbocycles. The fourth-order valence-electron chi connectivity index (χ4n) is 2.85. The quantitative estimate of drug-likeness (QED) is 0.328. The van der Waals surface area contributed by atoms with E-state index >= 15 is 0 Å². The van der Waals surface area contributed by atoms with E-state index in [1.54, 1.807) is 12.1 Å². The highest BCUT2D eigenvalue weighted by Gasteiger charge is 2.54. The second kappa shape index (κ2) is 9.70. The van der Waals surface area contributed by atoms with Crippen LogP contribution in [0.15, 0.2) is 28.1 Å². The van der Waals surface area contributed by atoms with Crippen molar-refractivity contribution in [3.05, 3.63) is 37.3 Å². The molecule has 0 aromatic carbocycles. The molecule has 14 heteroatoms. The summed E-state index contributed by atoms with van der Waals surface area (Å²) in [5.74, 6) is -1.87. The van der Waals surface area contributed by atoms with E-state index in [0.29, 0.717) is 14.8 Å². The summed E-state index contributed by atoms with van der Waals surface area (Å²) >= 11 is 20.0. The number of amides is 2. The highest BCUT2D eigenvalue weighted by atomic mass is 35.5. The average molecular weight is 528 g/mol. The number of carbonyl (C=O) groups is 4. The highest BCUT2D eigenvalue weighted by molar-refractivity contribution is 8.00. The minimum Gasteiger partial charge on any atom is -0.461 e. The van der Waals surface area contributed by atoms with Gasteiger partial charge in [0.2, 0.25) is 5.88 Å². The first-order chi connectivity index (χ1) is 14.6. The van der Waals surface area contributed by atoms with Crippen molar-refractivity contribution >= 4 is 87.4 Å². The molecule has 2 N–H and O–H groups in total. The van der Waals surface area contributed by atoms with E-state index in [-0.39, 0.29) is 28.3 Å². The summed E-state index contributed by atoms with van der Waals surface area (Å²) in [6.07, 6.45) is -1.63. The summed E-state index contributed by atoms with van der Waals surface area (Å²) in [5, 5.41) is 11.0. The summed E-state index contributed by atoms with van der Waals surface area (Å²) in [7, 11) is 0.